The van der Waals surface area contributed by atoms with Crippen molar-refractivity contribution in [2.45, 2.75) is 19.4 Å². The molecule has 0 radical (unpaired) electrons. The summed E-state index contributed by atoms with van der Waals surface area (Å²) in [4.78, 5) is 2.10. The van der Waals surface area contributed by atoms with Crippen molar-refractivity contribution in [3.63, 3.8) is 0 Å². The summed E-state index contributed by atoms with van der Waals surface area (Å²) >= 11 is 5.48. The third-order valence-electron chi connectivity index (χ3n) is 4.13. The van der Waals surface area contributed by atoms with Gasteiger partial charge in [-0.1, -0.05) is 30.3 Å². The molecule has 0 aromatic heterocycles. The van der Waals surface area contributed by atoms with Crippen LogP contribution in [0.15, 0.2) is 42.5 Å². The number of phenolic OH excluding ortho intramolecular Hbond substituents is 2. The van der Waals surface area contributed by atoms with Gasteiger partial charge in [0, 0.05) is 19.6 Å². The molecule has 0 unspecified atom stereocenters. The summed E-state index contributed by atoms with van der Waals surface area (Å²) in [6, 6.07) is 13.6. The Kier molecular flexibility index (Phi) is 4.67. The Bertz CT molecular complexity index is 704. The summed E-state index contributed by atoms with van der Waals surface area (Å²) in [7, 11) is 0. The van der Waals surface area contributed by atoms with Crippen LogP contribution in [0, 0.1) is 0 Å². The van der Waals surface area contributed by atoms with Gasteiger partial charge in [0.15, 0.2) is 16.6 Å². The molecule has 4 nitrogen and oxygen atoms in total. The van der Waals surface area contributed by atoms with Gasteiger partial charge in [0.05, 0.1) is 0 Å². The van der Waals surface area contributed by atoms with Crippen molar-refractivity contribution >= 4 is 17.3 Å². The molecular weight excluding hydrogens is 308 g/mol. The fraction of sp³-hybridized carbons (Fsp3) is 0.278. The Morgan fingerprint density at radius 1 is 1.09 bits per heavy atom. The molecule has 0 saturated heterocycles. The molecule has 0 atom stereocenters. The molecule has 0 amide bonds. The number of phenols is 2. The number of nitrogens with zero attached hydrogens (tertiary/aromatic N) is 1. The summed E-state index contributed by atoms with van der Waals surface area (Å²) in [5.74, 6) is -0.130. The van der Waals surface area contributed by atoms with E-state index in [2.05, 4.69) is 22.3 Å². The van der Waals surface area contributed by atoms with E-state index in [1.54, 1.807) is 12.1 Å². The number of thiocarbonyl (C=S) groups is 1. The predicted molar refractivity (Wildman–Crippen MR) is 94.6 cm³/mol. The molecule has 0 spiro atoms. The molecule has 23 heavy (non-hydrogen) atoms. The highest BCUT2D eigenvalue weighted by atomic mass is 32.1. The monoisotopic (exact) mass is 328 g/mol. The van der Waals surface area contributed by atoms with Crippen molar-refractivity contribution in [1.82, 2.24) is 10.2 Å². The lowest BCUT2D eigenvalue weighted by molar-refractivity contribution is 0.375. The van der Waals surface area contributed by atoms with Crippen LogP contribution in [-0.2, 0) is 19.4 Å². The SMILES string of the molecule is Oc1cc2c(cc1O)CN(C(=S)NCCc1ccccc1)CC2. The van der Waals surface area contributed by atoms with Gasteiger partial charge in [-0.05, 0) is 53.9 Å². The Hall–Kier alpha value is -2.27. The lowest BCUT2D eigenvalue weighted by atomic mass is 9.99. The zero-order valence-corrected chi connectivity index (χ0v) is 13.6. The van der Waals surface area contributed by atoms with Crippen molar-refractivity contribution < 1.29 is 10.2 Å². The van der Waals surface area contributed by atoms with E-state index in [0.717, 1.165) is 42.2 Å². The first kappa shape index (κ1) is 15.6. The van der Waals surface area contributed by atoms with Gasteiger partial charge in [0.25, 0.3) is 0 Å². The van der Waals surface area contributed by atoms with Crippen LogP contribution in [0.1, 0.15) is 16.7 Å². The largest absolute Gasteiger partial charge is 0.504 e. The van der Waals surface area contributed by atoms with E-state index >= 15 is 0 Å². The highest BCUT2D eigenvalue weighted by molar-refractivity contribution is 7.80. The third kappa shape index (κ3) is 3.74. The first-order chi connectivity index (χ1) is 11.1. The minimum atomic E-state index is -0.0754. The average Bonchev–Trinajstić information content (AvgIpc) is 2.56. The van der Waals surface area contributed by atoms with Crippen molar-refractivity contribution in [1.29, 1.82) is 0 Å². The maximum absolute atomic E-state index is 9.65. The molecule has 2 aromatic carbocycles. The van der Waals surface area contributed by atoms with Gasteiger partial charge in [-0.2, -0.15) is 0 Å². The van der Waals surface area contributed by atoms with Crippen molar-refractivity contribution in [2.24, 2.45) is 0 Å². The van der Waals surface area contributed by atoms with Gasteiger partial charge < -0.3 is 20.4 Å². The van der Waals surface area contributed by atoms with E-state index in [0.29, 0.717) is 6.54 Å². The zero-order chi connectivity index (χ0) is 16.2. The Morgan fingerprint density at radius 3 is 2.52 bits per heavy atom. The van der Waals surface area contributed by atoms with Crippen LogP contribution in [0.3, 0.4) is 0 Å². The maximum Gasteiger partial charge on any atom is 0.169 e. The average molecular weight is 328 g/mol. The molecule has 0 aliphatic carbocycles. The molecule has 5 heteroatoms. The molecule has 1 heterocycles. The highest BCUT2D eigenvalue weighted by Gasteiger charge is 2.20. The number of fused-ring (bicyclic) bond motifs is 1. The lowest BCUT2D eigenvalue weighted by Crippen LogP contribution is -2.43. The number of rotatable bonds is 3. The fourth-order valence-electron chi connectivity index (χ4n) is 2.83. The smallest absolute Gasteiger partial charge is 0.169 e. The van der Waals surface area contributed by atoms with Gasteiger partial charge >= 0.3 is 0 Å². The Balaban J connectivity index is 1.55. The summed E-state index contributed by atoms with van der Waals surface area (Å²) in [5, 5.41) is 23.3. The van der Waals surface area contributed by atoms with Crippen LogP contribution in [0.25, 0.3) is 0 Å². The molecule has 0 fully saturated rings. The van der Waals surface area contributed by atoms with Crippen LogP contribution in [0.2, 0.25) is 0 Å². The summed E-state index contributed by atoms with van der Waals surface area (Å²) in [5.41, 5.74) is 3.37. The van der Waals surface area contributed by atoms with E-state index < -0.39 is 0 Å². The molecule has 120 valence electrons. The van der Waals surface area contributed by atoms with Crippen LogP contribution in [-0.4, -0.2) is 33.3 Å². The Labute approximate surface area is 141 Å². The van der Waals surface area contributed by atoms with Crippen LogP contribution >= 0.6 is 12.2 Å². The van der Waals surface area contributed by atoms with Crippen molar-refractivity contribution in [3.05, 3.63) is 59.2 Å². The van der Waals surface area contributed by atoms with E-state index in [9.17, 15) is 10.2 Å². The van der Waals surface area contributed by atoms with E-state index in [4.69, 9.17) is 12.2 Å². The van der Waals surface area contributed by atoms with Gasteiger partial charge in [0.2, 0.25) is 0 Å². The maximum atomic E-state index is 9.65. The molecule has 3 N–H and O–H groups in total. The standard InChI is InChI=1S/C18H20N2O2S/c21-16-10-14-7-9-20(12-15(14)11-17(16)22)18(23)19-8-6-13-4-2-1-3-5-13/h1-5,10-11,21-22H,6-9,12H2,(H,19,23). The summed E-state index contributed by atoms with van der Waals surface area (Å²) in [6.45, 7) is 2.27. The van der Waals surface area contributed by atoms with Crippen molar-refractivity contribution in [3.8, 4) is 11.5 Å². The van der Waals surface area contributed by atoms with Gasteiger partial charge in [-0.3, -0.25) is 0 Å². The molecule has 1 aliphatic heterocycles. The first-order valence-electron chi connectivity index (χ1n) is 7.74. The second-order valence-electron chi connectivity index (χ2n) is 5.75. The Morgan fingerprint density at radius 2 is 1.78 bits per heavy atom. The number of hydrogen-bond acceptors (Lipinski definition) is 3. The van der Waals surface area contributed by atoms with Crippen LogP contribution < -0.4 is 5.32 Å². The highest BCUT2D eigenvalue weighted by Crippen LogP contribution is 2.31. The molecule has 0 bridgehead atoms. The fourth-order valence-corrected chi connectivity index (χ4v) is 3.08. The number of aromatic hydroxyl groups is 2. The molecule has 2 aromatic rings. The van der Waals surface area contributed by atoms with Gasteiger partial charge in [-0.25, -0.2) is 0 Å². The number of hydrogen-bond donors (Lipinski definition) is 3. The first-order valence-corrected chi connectivity index (χ1v) is 8.15. The van der Waals surface area contributed by atoms with Crippen LogP contribution in [0.4, 0.5) is 0 Å². The number of nitrogens with one attached hydrogen (secondary N) is 1. The zero-order valence-electron chi connectivity index (χ0n) is 12.8. The van der Waals surface area contributed by atoms with Crippen LogP contribution in [0.5, 0.6) is 11.5 Å². The third-order valence-corrected chi connectivity index (χ3v) is 4.53. The quantitative estimate of drug-likeness (QED) is 0.597. The predicted octanol–water partition coefficient (Wildman–Crippen LogP) is 2.57. The van der Waals surface area contributed by atoms with E-state index in [1.807, 2.05) is 18.2 Å². The van der Waals surface area contributed by atoms with E-state index in [-0.39, 0.29) is 11.5 Å². The minimum absolute atomic E-state index is 0.0548. The second kappa shape index (κ2) is 6.87. The topological polar surface area (TPSA) is 55.7 Å². The van der Waals surface area contributed by atoms with E-state index in [1.165, 1.54) is 5.56 Å². The molecule has 0 saturated carbocycles. The normalized spacial score (nSPS) is 13.5. The number of benzene rings is 2. The molecule has 1 aliphatic rings. The molecule has 3 rings (SSSR count). The van der Waals surface area contributed by atoms with Gasteiger partial charge in [-0.15, -0.1) is 0 Å². The second-order valence-corrected chi connectivity index (χ2v) is 6.14. The molecular formula is C18H20N2O2S. The summed E-state index contributed by atoms with van der Waals surface area (Å²) < 4.78 is 0. The minimum Gasteiger partial charge on any atom is -0.504 e. The van der Waals surface area contributed by atoms with Crippen molar-refractivity contribution in [2.75, 3.05) is 13.1 Å². The lowest BCUT2D eigenvalue weighted by Gasteiger charge is -2.31. The van der Waals surface area contributed by atoms with Gasteiger partial charge in [0.1, 0.15) is 0 Å². The summed E-state index contributed by atoms with van der Waals surface area (Å²) in [6.07, 6.45) is 1.74.